The Hall–Kier alpha value is -2.30. The molecule has 5 heteroatoms. The van der Waals surface area contributed by atoms with Gasteiger partial charge in [0, 0.05) is 5.56 Å². The molecule has 1 aliphatic rings. The van der Waals surface area contributed by atoms with E-state index in [1.54, 1.807) is 7.11 Å². The number of carbonyl (C=O) groups excluding carboxylic acids is 1. The number of imidazole rings is 1. The third-order valence-electron chi connectivity index (χ3n) is 3.71. The van der Waals surface area contributed by atoms with Gasteiger partial charge in [0.2, 0.25) is 0 Å². The standard InChI is InChI=1S/C15H17N3O2/c1-20-12-6-4-11(5-7-12)13-9-17(10-14(16)19)15-3-2-8-18(13)15/h4-7,9H,2-3,8,10H2,1H3,(H-,16,19)/p+1. The van der Waals surface area contributed by atoms with Crippen molar-refractivity contribution in [3.63, 3.8) is 0 Å². The highest BCUT2D eigenvalue weighted by Gasteiger charge is 2.29. The molecule has 2 N–H and O–H groups in total. The summed E-state index contributed by atoms with van der Waals surface area (Å²) in [6, 6.07) is 7.97. The van der Waals surface area contributed by atoms with Crippen LogP contribution in [-0.2, 0) is 24.3 Å². The maximum atomic E-state index is 11.2. The summed E-state index contributed by atoms with van der Waals surface area (Å²) in [6.07, 6.45) is 4.11. The van der Waals surface area contributed by atoms with Crippen molar-refractivity contribution in [1.82, 2.24) is 4.57 Å². The molecule has 3 rings (SSSR count). The Morgan fingerprint density at radius 1 is 1.40 bits per heavy atom. The lowest BCUT2D eigenvalue weighted by molar-refractivity contribution is -0.690. The quantitative estimate of drug-likeness (QED) is 0.840. The molecular weight excluding hydrogens is 254 g/mol. The topological polar surface area (TPSA) is 61.1 Å². The number of carbonyl (C=O) groups is 1. The Balaban J connectivity index is 2.02. The molecule has 0 saturated carbocycles. The average Bonchev–Trinajstić information content (AvgIpc) is 3.02. The van der Waals surface area contributed by atoms with Gasteiger partial charge in [-0.15, -0.1) is 0 Å². The molecule has 1 aromatic heterocycles. The van der Waals surface area contributed by atoms with E-state index in [1.807, 2.05) is 35.0 Å². The highest BCUT2D eigenvalue weighted by atomic mass is 16.5. The summed E-state index contributed by atoms with van der Waals surface area (Å²) < 4.78 is 9.42. The summed E-state index contributed by atoms with van der Waals surface area (Å²) >= 11 is 0. The highest BCUT2D eigenvalue weighted by Crippen LogP contribution is 2.26. The monoisotopic (exact) mass is 272 g/mol. The molecule has 0 saturated heterocycles. The normalized spacial score (nSPS) is 13.2. The maximum Gasteiger partial charge on any atom is 0.259 e. The molecule has 0 spiro atoms. The van der Waals surface area contributed by atoms with Gasteiger partial charge in [-0.3, -0.25) is 4.79 Å². The Kier molecular flexibility index (Phi) is 3.18. The van der Waals surface area contributed by atoms with Crippen molar-refractivity contribution in [1.29, 1.82) is 0 Å². The van der Waals surface area contributed by atoms with E-state index in [0.29, 0.717) is 0 Å². The predicted molar refractivity (Wildman–Crippen MR) is 74.1 cm³/mol. The van der Waals surface area contributed by atoms with Crippen molar-refractivity contribution in [3.8, 4) is 17.0 Å². The van der Waals surface area contributed by atoms with Crippen LogP contribution in [0.4, 0.5) is 0 Å². The first-order chi connectivity index (χ1) is 9.69. The van der Waals surface area contributed by atoms with Crippen LogP contribution in [0, 0.1) is 0 Å². The van der Waals surface area contributed by atoms with Crippen LogP contribution in [0.25, 0.3) is 11.3 Å². The summed E-state index contributed by atoms with van der Waals surface area (Å²) in [5.74, 6) is 1.71. The van der Waals surface area contributed by atoms with Crippen molar-refractivity contribution < 1.29 is 14.1 Å². The van der Waals surface area contributed by atoms with Crippen LogP contribution in [0.1, 0.15) is 12.2 Å². The number of hydrogen-bond donors (Lipinski definition) is 1. The van der Waals surface area contributed by atoms with Crippen LogP contribution in [0.15, 0.2) is 30.5 Å². The van der Waals surface area contributed by atoms with Crippen LogP contribution in [-0.4, -0.2) is 17.6 Å². The molecule has 1 aliphatic heterocycles. The van der Waals surface area contributed by atoms with Gasteiger partial charge in [-0.25, -0.2) is 9.13 Å². The van der Waals surface area contributed by atoms with E-state index >= 15 is 0 Å². The van der Waals surface area contributed by atoms with Gasteiger partial charge < -0.3 is 10.5 Å². The number of ether oxygens (including phenoxy) is 1. The van der Waals surface area contributed by atoms with E-state index in [4.69, 9.17) is 10.5 Å². The summed E-state index contributed by atoms with van der Waals surface area (Å²) in [5, 5.41) is 0. The molecule has 20 heavy (non-hydrogen) atoms. The Morgan fingerprint density at radius 2 is 2.15 bits per heavy atom. The number of fused-ring (bicyclic) bond motifs is 1. The van der Waals surface area contributed by atoms with Crippen molar-refractivity contribution in [3.05, 3.63) is 36.3 Å². The molecule has 104 valence electrons. The number of primary amides is 1. The van der Waals surface area contributed by atoms with Crippen LogP contribution in [0.2, 0.25) is 0 Å². The van der Waals surface area contributed by atoms with E-state index in [0.717, 1.165) is 36.4 Å². The number of nitrogens with zero attached hydrogens (tertiary/aromatic N) is 2. The number of aromatic nitrogens is 2. The SMILES string of the molecule is COc1ccc(-c2c[n+](CC(N)=O)c3n2CCC3)cc1. The number of rotatable bonds is 4. The van der Waals surface area contributed by atoms with Crippen molar-refractivity contribution >= 4 is 5.91 Å². The lowest BCUT2D eigenvalue weighted by Crippen LogP contribution is -2.42. The van der Waals surface area contributed by atoms with E-state index in [9.17, 15) is 4.79 Å². The second-order valence-electron chi connectivity index (χ2n) is 5.01. The third kappa shape index (κ3) is 2.15. The lowest BCUT2D eigenvalue weighted by atomic mass is 10.1. The molecule has 0 unspecified atom stereocenters. The van der Waals surface area contributed by atoms with Gasteiger partial charge >= 0.3 is 0 Å². The molecule has 1 aromatic carbocycles. The number of benzene rings is 1. The minimum absolute atomic E-state index is 0.242. The van der Waals surface area contributed by atoms with Crippen molar-refractivity contribution in [2.75, 3.05) is 7.11 Å². The molecule has 0 fully saturated rings. The van der Waals surface area contributed by atoms with Gasteiger partial charge in [-0.05, 0) is 30.7 Å². The maximum absolute atomic E-state index is 11.2. The fraction of sp³-hybridized carbons (Fsp3) is 0.333. The number of amides is 1. The molecule has 0 atom stereocenters. The number of nitrogens with two attached hydrogens (primary N) is 1. The van der Waals surface area contributed by atoms with Crippen molar-refractivity contribution in [2.45, 2.75) is 25.9 Å². The first kappa shape index (κ1) is 12.7. The Morgan fingerprint density at radius 3 is 2.80 bits per heavy atom. The van der Waals surface area contributed by atoms with Crippen LogP contribution in [0.3, 0.4) is 0 Å². The lowest BCUT2D eigenvalue weighted by Gasteiger charge is -2.01. The molecular formula is C15H18N3O2+. The zero-order chi connectivity index (χ0) is 14.1. The minimum atomic E-state index is -0.309. The largest absolute Gasteiger partial charge is 0.497 e. The molecule has 2 aromatic rings. The molecule has 0 radical (unpaired) electrons. The highest BCUT2D eigenvalue weighted by molar-refractivity contribution is 5.72. The zero-order valence-corrected chi connectivity index (χ0v) is 11.5. The summed E-state index contributed by atoms with van der Waals surface area (Å²) in [5.41, 5.74) is 7.57. The van der Waals surface area contributed by atoms with E-state index in [-0.39, 0.29) is 12.5 Å². The molecule has 1 amide bonds. The van der Waals surface area contributed by atoms with E-state index in [2.05, 4.69) is 4.57 Å². The third-order valence-corrected chi connectivity index (χ3v) is 3.71. The molecule has 2 heterocycles. The number of hydrogen-bond acceptors (Lipinski definition) is 2. The number of methoxy groups -OCH3 is 1. The van der Waals surface area contributed by atoms with E-state index in [1.165, 1.54) is 5.82 Å². The Labute approximate surface area is 117 Å². The zero-order valence-electron chi connectivity index (χ0n) is 11.5. The first-order valence-electron chi connectivity index (χ1n) is 6.73. The predicted octanol–water partition coefficient (Wildman–Crippen LogP) is 0.883. The van der Waals surface area contributed by atoms with Crippen LogP contribution < -0.4 is 15.0 Å². The molecule has 0 aliphatic carbocycles. The van der Waals surface area contributed by atoms with Gasteiger partial charge in [0.05, 0.1) is 20.1 Å². The first-order valence-corrected chi connectivity index (χ1v) is 6.73. The summed E-state index contributed by atoms with van der Waals surface area (Å²) in [6.45, 7) is 1.23. The molecule has 5 nitrogen and oxygen atoms in total. The van der Waals surface area contributed by atoms with Gasteiger partial charge in [0.15, 0.2) is 12.2 Å². The summed E-state index contributed by atoms with van der Waals surface area (Å²) in [4.78, 5) is 11.2. The molecule has 0 bridgehead atoms. The van der Waals surface area contributed by atoms with Crippen molar-refractivity contribution in [2.24, 2.45) is 5.73 Å². The smallest absolute Gasteiger partial charge is 0.259 e. The van der Waals surface area contributed by atoms with Gasteiger partial charge in [-0.1, -0.05) is 0 Å². The van der Waals surface area contributed by atoms with E-state index < -0.39 is 0 Å². The van der Waals surface area contributed by atoms with Crippen LogP contribution >= 0.6 is 0 Å². The second-order valence-corrected chi connectivity index (χ2v) is 5.01. The van der Waals surface area contributed by atoms with Crippen LogP contribution in [0.5, 0.6) is 5.75 Å². The summed E-state index contributed by atoms with van der Waals surface area (Å²) in [7, 11) is 1.66. The fourth-order valence-corrected chi connectivity index (χ4v) is 2.81. The minimum Gasteiger partial charge on any atom is -0.497 e. The van der Waals surface area contributed by atoms with Gasteiger partial charge in [0.25, 0.3) is 11.7 Å². The fourth-order valence-electron chi connectivity index (χ4n) is 2.81. The second kappa shape index (κ2) is 5.00. The Bertz CT molecular complexity index is 644. The van der Waals surface area contributed by atoms with Gasteiger partial charge in [-0.2, -0.15) is 0 Å². The van der Waals surface area contributed by atoms with Gasteiger partial charge in [0.1, 0.15) is 11.9 Å². The average molecular weight is 272 g/mol.